The van der Waals surface area contributed by atoms with Crippen LogP contribution in [0.3, 0.4) is 0 Å². The van der Waals surface area contributed by atoms with E-state index in [1.807, 2.05) is 11.8 Å². The number of likely N-dealkylation sites (tertiary alicyclic amines) is 1. The van der Waals surface area contributed by atoms with Crippen LogP contribution in [0, 0.1) is 6.92 Å². The normalized spacial score (nSPS) is 18.9. The third-order valence-electron chi connectivity index (χ3n) is 4.05. The van der Waals surface area contributed by atoms with Gasteiger partial charge in [0.05, 0.1) is 11.3 Å². The van der Waals surface area contributed by atoms with E-state index >= 15 is 0 Å². The van der Waals surface area contributed by atoms with Crippen LogP contribution in [-0.2, 0) is 17.9 Å². The summed E-state index contributed by atoms with van der Waals surface area (Å²) in [6.45, 7) is 5.86. The maximum Gasteiger partial charge on any atom is 0.255 e. The standard InChI is InChI=1S/C14H20N4O2/c1-10-15-12-9-17(8-11(12)14(20)16-10)5-3-7-18-6-2-4-13(18)19/h2-9H2,1H3,(H,15,16,20). The molecule has 6 nitrogen and oxygen atoms in total. The van der Waals surface area contributed by atoms with Gasteiger partial charge in [-0.25, -0.2) is 4.98 Å². The Morgan fingerprint density at radius 1 is 1.25 bits per heavy atom. The second-order valence-corrected chi connectivity index (χ2v) is 5.63. The molecule has 1 fully saturated rings. The Balaban J connectivity index is 1.53. The van der Waals surface area contributed by atoms with Crippen LogP contribution in [0.2, 0.25) is 0 Å². The predicted octanol–water partition coefficient (Wildman–Crippen LogP) is 0.406. The van der Waals surface area contributed by atoms with Gasteiger partial charge in [-0.3, -0.25) is 14.5 Å². The molecule has 2 aliphatic heterocycles. The summed E-state index contributed by atoms with van der Waals surface area (Å²) in [5.74, 6) is 0.960. The minimum atomic E-state index is -0.00952. The molecule has 0 spiro atoms. The number of H-pyrrole nitrogens is 1. The van der Waals surface area contributed by atoms with Crippen molar-refractivity contribution in [2.45, 2.75) is 39.3 Å². The summed E-state index contributed by atoms with van der Waals surface area (Å²) in [4.78, 5) is 34.7. The number of hydrogen-bond donors (Lipinski definition) is 1. The van der Waals surface area contributed by atoms with Gasteiger partial charge in [-0.1, -0.05) is 0 Å². The summed E-state index contributed by atoms with van der Waals surface area (Å²) in [5.41, 5.74) is 1.70. The van der Waals surface area contributed by atoms with Crippen molar-refractivity contribution in [1.82, 2.24) is 19.8 Å². The summed E-state index contributed by atoms with van der Waals surface area (Å²) in [5, 5.41) is 0. The van der Waals surface area contributed by atoms with Crippen molar-refractivity contribution in [3.8, 4) is 0 Å². The average Bonchev–Trinajstić information content (AvgIpc) is 2.96. The van der Waals surface area contributed by atoms with Gasteiger partial charge in [-0.15, -0.1) is 0 Å². The van der Waals surface area contributed by atoms with Crippen LogP contribution >= 0.6 is 0 Å². The SMILES string of the molecule is Cc1nc2c(c(=O)[nH]1)CN(CCCN1CCCC1=O)C2. The van der Waals surface area contributed by atoms with Crippen LogP contribution in [0.5, 0.6) is 0 Å². The van der Waals surface area contributed by atoms with E-state index in [1.54, 1.807) is 0 Å². The lowest BCUT2D eigenvalue weighted by atomic mass is 10.3. The highest BCUT2D eigenvalue weighted by molar-refractivity contribution is 5.77. The summed E-state index contributed by atoms with van der Waals surface area (Å²) in [6, 6.07) is 0. The van der Waals surface area contributed by atoms with E-state index in [2.05, 4.69) is 14.9 Å². The number of amides is 1. The molecule has 3 rings (SSSR count). The van der Waals surface area contributed by atoms with E-state index in [0.717, 1.165) is 50.3 Å². The van der Waals surface area contributed by atoms with E-state index in [0.29, 0.717) is 18.8 Å². The van der Waals surface area contributed by atoms with Gasteiger partial charge in [0.25, 0.3) is 5.56 Å². The molecule has 6 heteroatoms. The molecule has 0 aliphatic carbocycles. The van der Waals surface area contributed by atoms with E-state index in [9.17, 15) is 9.59 Å². The van der Waals surface area contributed by atoms with Gasteiger partial charge >= 0.3 is 0 Å². The van der Waals surface area contributed by atoms with Gasteiger partial charge in [-0.05, 0) is 19.8 Å². The van der Waals surface area contributed by atoms with Crippen LogP contribution in [0.15, 0.2) is 4.79 Å². The first-order valence-corrected chi connectivity index (χ1v) is 7.22. The predicted molar refractivity (Wildman–Crippen MR) is 74.1 cm³/mol. The zero-order valence-corrected chi connectivity index (χ0v) is 11.8. The molecule has 1 N–H and O–H groups in total. The van der Waals surface area contributed by atoms with E-state index in [1.165, 1.54) is 0 Å². The van der Waals surface area contributed by atoms with Gasteiger partial charge in [0.15, 0.2) is 0 Å². The molecular formula is C14H20N4O2. The first-order chi connectivity index (χ1) is 9.63. The van der Waals surface area contributed by atoms with Crippen molar-refractivity contribution in [1.29, 1.82) is 0 Å². The van der Waals surface area contributed by atoms with Crippen LogP contribution in [0.1, 0.15) is 36.3 Å². The number of carbonyl (C=O) groups excluding carboxylic acids is 1. The van der Waals surface area contributed by atoms with Crippen molar-refractivity contribution < 1.29 is 4.79 Å². The number of aromatic amines is 1. The lowest BCUT2D eigenvalue weighted by Crippen LogP contribution is -2.29. The quantitative estimate of drug-likeness (QED) is 0.864. The molecule has 0 bridgehead atoms. The van der Waals surface area contributed by atoms with Gasteiger partial charge in [0.2, 0.25) is 5.91 Å². The number of nitrogens with one attached hydrogen (secondary N) is 1. The minimum Gasteiger partial charge on any atom is -0.343 e. The first kappa shape index (κ1) is 13.3. The second kappa shape index (κ2) is 5.36. The van der Waals surface area contributed by atoms with Crippen molar-refractivity contribution in [2.24, 2.45) is 0 Å². The Morgan fingerprint density at radius 2 is 2.10 bits per heavy atom. The number of fused-ring (bicyclic) bond motifs is 1. The highest BCUT2D eigenvalue weighted by atomic mass is 16.2. The lowest BCUT2D eigenvalue weighted by Gasteiger charge is -2.18. The monoisotopic (exact) mass is 276 g/mol. The van der Waals surface area contributed by atoms with Crippen molar-refractivity contribution in [3.05, 3.63) is 27.4 Å². The zero-order valence-electron chi connectivity index (χ0n) is 11.8. The topological polar surface area (TPSA) is 69.3 Å². The van der Waals surface area contributed by atoms with E-state index < -0.39 is 0 Å². The Morgan fingerprint density at radius 3 is 2.85 bits per heavy atom. The Kier molecular flexibility index (Phi) is 3.56. The summed E-state index contributed by atoms with van der Waals surface area (Å²) in [7, 11) is 0. The third-order valence-corrected chi connectivity index (χ3v) is 4.05. The molecule has 20 heavy (non-hydrogen) atoms. The van der Waals surface area contributed by atoms with E-state index in [-0.39, 0.29) is 11.5 Å². The molecule has 0 saturated carbocycles. The number of rotatable bonds is 4. The molecule has 108 valence electrons. The number of nitrogens with zero attached hydrogens (tertiary/aromatic N) is 3. The maximum absolute atomic E-state index is 11.8. The fourth-order valence-corrected chi connectivity index (χ4v) is 3.04. The van der Waals surface area contributed by atoms with Crippen LogP contribution < -0.4 is 5.56 Å². The molecule has 1 saturated heterocycles. The van der Waals surface area contributed by atoms with E-state index in [4.69, 9.17) is 0 Å². The highest BCUT2D eigenvalue weighted by Crippen LogP contribution is 2.18. The van der Waals surface area contributed by atoms with Gasteiger partial charge in [0, 0.05) is 39.1 Å². The van der Waals surface area contributed by atoms with Crippen LogP contribution in [-0.4, -0.2) is 45.3 Å². The van der Waals surface area contributed by atoms with Crippen molar-refractivity contribution in [2.75, 3.05) is 19.6 Å². The largest absolute Gasteiger partial charge is 0.343 e. The number of carbonyl (C=O) groups is 1. The molecule has 3 heterocycles. The lowest BCUT2D eigenvalue weighted by molar-refractivity contribution is -0.127. The van der Waals surface area contributed by atoms with Crippen molar-refractivity contribution >= 4 is 5.91 Å². The number of aryl methyl sites for hydroxylation is 1. The Labute approximate surface area is 117 Å². The van der Waals surface area contributed by atoms with Crippen LogP contribution in [0.4, 0.5) is 0 Å². The first-order valence-electron chi connectivity index (χ1n) is 7.22. The van der Waals surface area contributed by atoms with Crippen LogP contribution in [0.25, 0.3) is 0 Å². The molecule has 0 radical (unpaired) electrons. The van der Waals surface area contributed by atoms with Gasteiger partial charge < -0.3 is 9.88 Å². The molecule has 1 amide bonds. The number of aromatic nitrogens is 2. The van der Waals surface area contributed by atoms with Gasteiger partial charge in [0.1, 0.15) is 5.82 Å². The zero-order chi connectivity index (χ0) is 14.1. The Bertz CT molecular complexity index is 581. The molecule has 0 atom stereocenters. The molecule has 0 unspecified atom stereocenters. The highest BCUT2D eigenvalue weighted by Gasteiger charge is 2.24. The average molecular weight is 276 g/mol. The molecule has 1 aromatic rings. The maximum atomic E-state index is 11.8. The van der Waals surface area contributed by atoms with Crippen molar-refractivity contribution in [3.63, 3.8) is 0 Å². The minimum absolute atomic E-state index is 0.00952. The fourth-order valence-electron chi connectivity index (χ4n) is 3.04. The summed E-state index contributed by atoms with van der Waals surface area (Å²) >= 11 is 0. The summed E-state index contributed by atoms with van der Waals surface area (Å²) in [6.07, 6.45) is 2.65. The molecule has 2 aliphatic rings. The smallest absolute Gasteiger partial charge is 0.255 e. The molecule has 1 aromatic heterocycles. The van der Waals surface area contributed by atoms with Gasteiger partial charge in [-0.2, -0.15) is 0 Å². The molecular weight excluding hydrogens is 256 g/mol. The second-order valence-electron chi connectivity index (χ2n) is 5.63. The number of hydrogen-bond acceptors (Lipinski definition) is 4. The molecule has 0 aromatic carbocycles. The fraction of sp³-hybridized carbons (Fsp3) is 0.643. The Hall–Kier alpha value is -1.69. The third kappa shape index (κ3) is 2.60. The summed E-state index contributed by atoms with van der Waals surface area (Å²) < 4.78 is 0.